The second-order valence-electron chi connectivity index (χ2n) is 4.37. The van der Waals surface area contributed by atoms with Gasteiger partial charge in [-0.05, 0) is 31.6 Å². The van der Waals surface area contributed by atoms with E-state index in [0.29, 0.717) is 17.1 Å². The third-order valence-corrected chi connectivity index (χ3v) is 3.53. The van der Waals surface area contributed by atoms with E-state index in [4.69, 9.17) is 17.3 Å². The Bertz CT molecular complexity index is 351. The Morgan fingerprint density at radius 1 is 1.39 bits per heavy atom. The summed E-state index contributed by atoms with van der Waals surface area (Å²) in [5.41, 5.74) is 6.35. The normalized spacial score (nSPS) is 13.0. The van der Waals surface area contributed by atoms with E-state index in [2.05, 4.69) is 18.7 Å². The van der Waals surface area contributed by atoms with Crippen LogP contribution in [0.25, 0.3) is 0 Å². The van der Waals surface area contributed by atoms with Crippen LogP contribution < -0.4 is 5.73 Å². The molecular weight excluding hydrogens is 251 g/mol. The van der Waals surface area contributed by atoms with E-state index < -0.39 is 0 Å². The maximum absolute atomic E-state index is 13.9. The highest BCUT2D eigenvalue weighted by Gasteiger charge is 2.22. The lowest BCUT2D eigenvalue weighted by molar-refractivity contribution is 0.205. The molecule has 0 aromatic heterocycles. The number of nitrogens with two attached hydrogens (primary N) is 1. The maximum atomic E-state index is 13.9. The summed E-state index contributed by atoms with van der Waals surface area (Å²) < 4.78 is 13.9. The second-order valence-corrected chi connectivity index (χ2v) is 4.78. The van der Waals surface area contributed by atoms with Crippen LogP contribution in [-0.2, 0) is 0 Å². The number of unbranched alkanes of at least 4 members (excludes halogenated alkanes) is 1. The fraction of sp³-hybridized carbons (Fsp3) is 0.571. The minimum atomic E-state index is -0.270. The van der Waals surface area contributed by atoms with Crippen molar-refractivity contribution in [2.24, 2.45) is 5.73 Å². The molecule has 1 atom stereocenters. The number of hydrogen-bond acceptors (Lipinski definition) is 2. The molecule has 0 fully saturated rings. The molecule has 0 radical (unpaired) electrons. The van der Waals surface area contributed by atoms with Gasteiger partial charge < -0.3 is 5.73 Å². The zero-order chi connectivity index (χ0) is 13.5. The van der Waals surface area contributed by atoms with Crippen molar-refractivity contribution in [3.05, 3.63) is 34.6 Å². The lowest BCUT2D eigenvalue weighted by Gasteiger charge is -2.30. The first kappa shape index (κ1) is 15.4. The fourth-order valence-corrected chi connectivity index (χ4v) is 2.46. The van der Waals surface area contributed by atoms with Gasteiger partial charge in [0.25, 0.3) is 0 Å². The molecule has 2 nitrogen and oxygen atoms in total. The average Bonchev–Trinajstić information content (AvgIpc) is 2.36. The molecule has 1 aromatic rings. The predicted octanol–water partition coefficient (Wildman–Crippen LogP) is 3.60. The third-order valence-electron chi connectivity index (χ3n) is 3.20. The summed E-state index contributed by atoms with van der Waals surface area (Å²) in [6.07, 6.45) is 2.19. The summed E-state index contributed by atoms with van der Waals surface area (Å²) in [6.45, 7) is 6.33. The number of hydrogen-bond donors (Lipinski definition) is 1. The van der Waals surface area contributed by atoms with E-state index in [-0.39, 0.29) is 11.9 Å². The molecule has 0 bridgehead atoms. The number of rotatable bonds is 7. The Hall–Kier alpha value is -0.640. The zero-order valence-electron chi connectivity index (χ0n) is 11.1. The largest absolute Gasteiger partial charge is 0.329 e. The van der Waals surface area contributed by atoms with Crippen LogP contribution in [0.15, 0.2) is 18.2 Å². The molecule has 0 heterocycles. The highest BCUT2D eigenvalue weighted by Crippen LogP contribution is 2.29. The van der Waals surface area contributed by atoms with Crippen molar-refractivity contribution in [2.75, 3.05) is 19.6 Å². The molecule has 0 saturated heterocycles. The molecule has 0 aliphatic rings. The zero-order valence-corrected chi connectivity index (χ0v) is 11.9. The summed E-state index contributed by atoms with van der Waals surface area (Å²) in [4.78, 5) is 2.19. The Kier molecular flexibility index (Phi) is 6.61. The van der Waals surface area contributed by atoms with Crippen molar-refractivity contribution in [3.8, 4) is 0 Å². The van der Waals surface area contributed by atoms with Crippen molar-refractivity contribution >= 4 is 11.6 Å². The summed E-state index contributed by atoms with van der Waals surface area (Å²) >= 11 is 6.12. The molecule has 18 heavy (non-hydrogen) atoms. The summed E-state index contributed by atoms with van der Waals surface area (Å²) in [6, 6.07) is 4.64. The highest BCUT2D eigenvalue weighted by atomic mass is 35.5. The Morgan fingerprint density at radius 2 is 2.11 bits per heavy atom. The minimum absolute atomic E-state index is 0.143. The van der Waals surface area contributed by atoms with E-state index in [0.717, 1.165) is 25.9 Å². The number of nitrogens with zero attached hydrogens (tertiary/aromatic N) is 1. The van der Waals surface area contributed by atoms with Gasteiger partial charge in [-0.25, -0.2) is 4.39 Å². The van der Waals surface area contributed by atoms with Gasteiger partial charge in [0.05, 0.1) is 6.04 Å². The molecule has 0 spiro atoms. The molecule has 4 heteroatoms. The molecule has 2 N–H and O–H groups in total. The van der Waals surface area contributed by atoms with Crippen LogP contribution in [0.1, 0.15) is 38.3 Å². The lowest BCUT2D eigenvalue weighted by atomic mass is 10.0. The number of benzene rings is 1. The van der Waals surface area contributed by atoms with Gasteiger partial charge in [0, 0.05) is 17.1 Å². The molecule has 1 unspecified atom stereocenters. The Balaban J connectivity index is 2.99. The van der Waals surface area contributed by atoms with Gasteiger partial charge in [0.1, 0.15) is 5.82 Å². The average molecular weight is 273 g/mol. The van der Waals surface area contributed by atoms with Crippen molar-refractivity contribution in [2.45, 2.75) is 32.7 Å². The molecule has 0 saturated carbocycles. The van der Waals surface area contributed by atoms with Crippen molar-refractivity contribution in [1.29, 1.82) is 0 Å². The number of halogens is 2. The maximum Gasteiger partial charge on any atom is 0.129 e. The fourth-order valence-electron chi connectivity index (χ4n) is 2.17. The predicted molar refractivity (Wildman–Crippen MR) is 75.4 cm³/mol. The van der Waals surface area contributed by atoms with Crippen molar-refractivity contribution in [3.63, 3.8) is 0 Å². The van der Waals surface area contributed by atoms with Crippen molar-refractivity contribution in [1.82, 2.24) is 4.90 Å². The minimum Gasteiger partial charge on any atom is -0.329 e. The van der Waals surface area contributed by atoms with Crippen LogP contribution in [0.5, 0.6) is 0 Å². The van der Waals surface area contributed by atoms with Crippen LogP contribution in [0.4, 0.5) is 4.39 Å². The smallest absolute Gasteiger partial charge is 0.129 e. The monoisotopic (exact) mass is 272 g/mol. The molecule has 102 valence electrons. The molecule has 1 rings (SSSR count). The van der Waals surface area contributed by atoms with Gasteiger partial charge in [-0.2, -0.15) is 0 Å². The summed E-state index contributed by atoms with van der Waals surface area (Å²) in [5, 5.41) is 0.459. The SMILES string of the molecule is CCCCN(CC)C(CN)c1c(F)cccc1Cl. The summed E-state index contributed by atoms with van der Waals surface area (Å²) in [7, 11) is 0. The van der Waals surface area contributed by atoms with Gasteiger partial charge in [0.15, 0.2) is 0 Å². The third kappa shape index (κ3) is 3.67. The first-order chi connectivity index (χ1) is 8.65. The Morgan fingerprint density at radius 3 is 2.61 bits per heavy atom. The van der Waals surface area contributed by atoms with E-state index in [1.807, 2.05) is 0 Å². The van der Waals surface area contributed by atoms with Gasteiger partial charge >= 0.3 is 0 Å². The van der Waals surface area contributed by atoms with Gasteiger partial charge in [-0.3, -0.25) is 4.90 Å². The molecule has 1 aromatic carbocycles. The van der Waals surface area contributed by atoms with E-state index >= 15 is 0 Å². The molecule has 0 aliphatic heterocycles. The number of likely N-dealkylation sites (N-methyl/N-ethyl adjacent to an activating group) is 1. The van der Waals surface area contributed by atoms with Gasteiger partial charge in [0.2, 0.25) is 0 Å². The quantitative estimate of drug-likeness (QED) is 0.822. The van der Waals surface area contributed by atoms with E-state index in [1.165, 1.54) is 6.07 Å². The lowest BCUT2D eigenvalue weighted by Crippen LogP contribution is -2.35. The van der Waals surface area contributed by atoms with Gasteiger partial charge in [-0.15, -0.1) is 0 Å². The first-order valence-corrected chi connectivity index (χ1v) is 6.91. The van der Waals surface area contributed by atoms with Crippen molar-refractivity contribution < 1.29 is 4.39 Å². The van der Waals surface area contributed by atoms with Crippen LogP contribution >= 0.6 is 11.6 Å². The first-order valence-electron chi connectivity index (χ1n) is 6.53. The highest BCUT2D eigenvalue weighted by molar-refractivity contribution is 6.31. The molecule has 0 aliphatic carbocycles. The van der Waals surface area contributed by atoms with Gasteiger partial charge in [-0.1, -0.05) is 37.9 Å². The Labute approximate surface area is 114 Å². The second kappa shape index (κ2) is 7.72. The van der Waals surface area contributed by atoms with Crippen LogP contribution in [-0.4, -0.2) is 24.5 Å². The topological polar surface area (TPSA) is 29.3 Å². The van der Waals surface area contributed by atoms with E-state index in [1.54, 1.807) is 12.1 Å². The molecular formula is C14H22ClFN2. The van der Waals surface area contributed by atoms with Crippen LogP contribution in [0.3, 0.4) is 0 Å². The molecule has 0 amide bonds. The summed E-state index contributed by atoms with van der Waals surface area (Å²) in [5.74, 6) is -0.270. The standard InChI is InChI=1S/C14H22ClFN2/c1-3-5-9-18(4-2)13(10-17)14-11(15)7-6-8-12(14)16/h6-8,13H,3-5,9-10,17H2,1-2H3. The van der Waals surface area contributed by atoms with E-state index in [9.17, 15) is 4.39 Å². The van der Waals surface area contributed by atoms with Crippen LogP contribution in [0.2, 0.25) is 5.02 Å². The van der Waals surface area contributed by atoms with Crippen LogP contribution in [0, 0.1) is 5.82 Å².